The molecule has 0 spiro atoms. The molecule has 1 aliphatic rings. The van der Waals surface area contributed by atoms with Gasteiger partial charge in [-0.05, 0) is 0 Å². The van der Waals surface area contributed by atoms with Gasteiger partial charge in [0.05, 0.1) is 17.0 Å². The van der Waals surface area contributed by atoms with Gasteiger partial charge in [-0.2, -0.15) is 5.26 Å². The fraction of sp³-hybridized carbons (Fsp3) is 0.417. The molecule has 0 amide bonds. The summed E-state index contributed by atoms with van der Waals surface area (Å²) in [6, 6.07) is 1.82. The van der Waals surface area contributed by atoms with Gasteiger partial charge in [0, 0.05) is 12.6 Å². The molecule has 0 aromatic carbocycles. The van der Waals surface area contributed by atoms with Crippen LogP contribution in [-0.2, 0) is 4.74 Å². The van der Waals surface area contributed by atoms with Gasteiger partial charge < -0.3 is 25.3 Å². The molecular formula is C12H12ClN5O3. The van der Waals surface area contributed by atoms with Crippen LogP contribution in [0.1, 0.15) is 12.6 Å². The predicted molar refractivity (Wildman–Crippen MR) is 73.1 cm³/mol. The maximum Gasteiger partial charge on any atom is 0.205 e. The SMILES string of the molecule is N#C[C@]1(CO)O[C@@H](n2cc(Cl)c3c(N)ncnc32)C[C@@H]1O. The van der Waals surface area contributed by atoms with Gasteiger partial charge in [0.1, 0.15) is 36.2 Å². The number of aliphatic hydroxyl groups excluding tert-OH is 2. The Balaban J connectivity index is 2.08. The van der Waals surface area contributed by atoms with E-state index in [0.29, 0.717) is 16.1 Å². The first-order chi connectivity index (χ1) is 10.0. The highest BCUT2D eigenvalue weighted by Crippen LogP contribution is 2.39. The minimum atomic E-state index is -1.65. The van der Waals surface area contributed by atoms with Crippen LogP contribution in [0.15, 0.2) is 12.5 Å². The lowest BCUT2D eigenvalue weighted by atomic mass is 10.00. The van der Waals surface area contributed by atoms with E-state index >= 15 is 0 Å². The first kappa shape index (κ1) is 14.0. The minimum Gasteiger partial charge on any atom is -0.392 e. The highest BCUT2D eigenvalue weighted by atomic mass is 35.5. The van der Waals surface area contributed by atoms with Crippen LogP contribution in [0.25, 0.3) is 11.0 Å². The number of aliphatic hydroxyl groups is 2. The van der Waals surface area contributed by atoms with Gasteiger partial charge in [-0.3, -0.25) is 0 Å². The summed E-state index contributed by atoms with van der Waals surface area (Å²) in [6.45, 7) is -0.606. The molecule has 8 nitrogen and oxygen atoms in total. The van der Waals surface area contributed by atoms with Crippen molar-refractivity contribution in [3.8, 4) is 6.07 Å². The van der Waals surface area contributed by atoms with Crippen LogP contribution in [0, 0.1) is 11.3 Å². The van der Waals surface area contributed by atoms with Crippen LogP contribution in [0.3, 0.4) is 0 Å². The van der Waals surface area contributed by atoms with Crippen LogP contribution >= 0.6 is 11.6 Å². The molecule has 2 aromatic heterocycles. The predicted octanol–water partition coefficient (Wildman–Crippen LogP) is 0.201. The van der Waals surface area contributed by atoms with Gasteiger partial charge >= 0.3 is 0 Å². The van der Waals surface area contributed by atoms with Gasteiger partial charge in [0.25, 0.3) is 0 Å². The molecule has 3 atom stereocenters. The molecule has 4 N–H and O–H groups in total. The van der Waals surface area contributed by atoms with Crippen LogP contribution in [0.4, 0.5) is 5.82 Å². The topological polar surface area (TPSA) is 130 Å². The van der Waals surface area contributed by atoms with Crippen LogP contribution in [0.2, 0.25) is 5.02 Å². The zero-order chi connectivity index (χ0) is 15.2. The van der Waals surface area contributed by atoms with E-state index in [1.165, 1.54) is 6.33 Å². The van der Waals surface area contributed by atoms with Crippen molar-refractivity contribution in [1.82, 2.24) is 14.5 Å². The van der Waals surface area contributed by atoms with Gasteiger partial charge in [0.2, 0.25) is 5.60 Å². The van der Waals surface area contributed by atoms with Gasteiger partial charge in [-0.15, -0.1) is 0 Å². The number of halogens is 1. The van der Waals surface area contributed by atoms with Crippen LogP contribution in [-0.4, -0.2) is 43.1 Å². The summed E-state index contributed by atoms with van der Waals surface area (Å²) in [5.74, 6) is 0.232. The summed E-state index contributed by atoms with van der Waals surface area (Å²) in [4.78, 5) is 7.98. The fourth-order valence-electron chi connectivity index (χ4n) is 2.48. The van der Waals surface area contributed by atoms with E-state index in [2.05, 4.69) is 9.97 Å². The number of hydrogen-bond acceptors (Lipinski definition) is 7. The van der Waals surface area contributed by atoms with Crippen molar-refractivity contribution in [3.05, 3.63) is 17.5 Å². The molecule has 0 unspecified atom stereocenters. The molecule has 1 saturated heterocycles. The molecule has 3 rings (SSSR count). The number of aromatic nitrogens is 3. The van der Waals surface area contributed by atoms with Gasteiger partial charge in [-0.25, -0.2) is 9.97 Å². The van der Waals surface area contributed by atoms with Crippen molar-refractivity contribution < 1.29 is 14.9 Å². The van der Waals surface area contributed by atoms with Gasteiger partial charge in [-0.1, -0.05) is 11.6 Å². The zero-order valence-corrected chi connectivity index (χ0v) is 11.5. The average Bonchev–Trinajstić information content (AvgIpc) is 2.98. The molecule has 1 aliphatic heterocycles. The number of fused-ring (bicyclic) bond motifs is 1. The number of anilines is 1. The molecule has 2 aromatic rings. The van der Waals surface area contributed by atoms with Crippen molar-refractivity contribution in [1.29, 1.82) is 5.26 Å². The first-order valence-electron chi connectivity index (χ1n) is 6.17. The molecule has 21 heavy (non-hydrogen) atoms. The Morgan fingerprint density at radius 3 is 3.00 bits per heavy atom. The Hall–Kier alpha value is -1.92. The second kappa shape index (κ2) is 4.82. The van der Waals surface area contributed by atoms with Gasteiger partial charge in [0.15, 0.2) is 0 Å². The third-order valence-electron chi connectivity index (χ3n) is 3.64. The summed E-state index contributed by atoms with van der Waals surface area (Å²) < 4.78 is 7.13. The number of nitriles is 1. The normalized spacial score (nSPS) is 28.9. The molecule has 0 aliphatic carbocycles. The number of nitrogen functional groups attached to an aromatic ring is 1. The first-order valence-corrected chi connectivity index (χ1v) is 6.54. The molecule has 0 saturated carbocycles. The fourth-order valence-corrected chi connectivity index (χ4v) is 2.77. The smallest absolute Gasteiger partial charge is 0.205 e. The molecule has 1 fully saturated rings. The second-order valence-electron chi connectivity index (χ2n) is 4.83. The molecule has 3 heterocycles. The Morgan fingerprint density at radius 1 is 1.62 bits per heavy atom. The Bertz CT molecular complexity index is 742. The Morgan fingerprint density at radius 2 is 2.38 bits per heavy atom. The lowest BCUT2D eigenvalue weighted by molar-refractivity contribution is -0.0903. The van der Waals surface area contributed by atoms with E-state index in [1.807, 2.05) is 6.07 Å². The number of hydrogen-bond donors (Lipinski definition) is 3. The van der Waals surface area contributed by atoms with E-state index in [1.54, 1.807) is 10.8 Å². The standard InChI is InChI=1S/C12H12ClN5O3/c13-6-2-18(11-9(6)10(15)16-5-17-11)8-1-7(20)12(3-14,4-19)21-8/h2,5,7-8,19-20H,1,4H2,(H2,15,16,17)/t7-,8+,12+/m0/s1. The third kappa shape index (κ3) is 1.94. The number of ether oxygens (including phenoxy) is 1. The highest BCUT2D eigenvalue weighted by molar-refractivity contribution is 6.36. The largest absolute Gasteiger partial charge is 0.392 e. The van der Waals surface area contributed by atoms with E-state index in [-0.39, 0.29) is 12.2 Å². The van der Waals surface area contributed by atoms with Crippen molar-refractivity contribution in [2.75, 3.05) is 12.3 Å². The third-order valence-corrected chi connectivity index (χ3v) is 3.92. The van der Waals surface area contributed by atoms with Crippen LogP contribution < -0.4 is 5.73 Å². The van der Waals surface area contributed by atoms with Crippen LogP contribution in [0.5, 0.6) is 0 Å². The summed E-state index contributed by atoms with van der Waals surface area (Å²) in [5, 5.41) is 29.3. The lowest BCUT2D eigenvalue weighted by Gasteiger charge is -2.21. The van der Waals surface area contributed by atoms with Crippen molar-refractivity contribution in [2.24, 2.45) is 0 Å². The van der Waals surface area contributed by atoms with E-state index in [0.717, 1.165) is 0 Å². The summed E-state index contributed by atoms with van der Waals surface area (Å²) >= 11 is 6.12. The lowest BCUT2D eigenvalue weighted by Crippen LogP contribution is -2.41. The molecule has 110 valence electrons. The van der Waals surface area contributed by atoms with Crippen molar-refractivity contribution in [3.63, 3.8) is 0 Å². The monoisotopic (exact) mass is 309 g/mol. The molecule has 9 heteroatoms. The Kier molecular flexibility index (Phi) is 3.22. The Labute approximate surface area is 124 Å². The van der Waals surface area contributed by atoms with E-state index < -0.39 is 24.5 Å². The highest BCUT2D eigenvalue weighted by Gasteiger charge is 2.49. The molecular weight excluding hydrogens is 298 g/mol. The number of nitrogens with two attached hydrogens (primary N) is 1. The van der Waals surface area contributed by atoms with Crippen molar-refractivity contribution in [2.45, 2.75) is 24.4 Å². The second-order valence-corrected chi connectivity index (χ2v) is 5.23. The van der Waals surface area contributed by atoms with Crippen molar-refractivity contribution >= 4 is 28.5 Å². The maximum absolute atomic E-state index is 9.99. The molecule has 0 radical (unpaired) electrons. The van der Waals surface area contributed by atoms with E-state index in [9.17, 15) is 10.2 Å². The average molecular weight is 310 g/mol. The summed E-state index contributed by atoms with van der Waals surface area (Å²) in [7, 11) is 0. The van der Waals surface area contributed by atoms with E-state index in [4.69, 9.17) is 27.3 Å². The summed E-state index contributed by atoms with van der Waals surface area (Å²) in [5.41, 5.74) is 4.57. The maximum atomic E-state index is 9.99. The quantitative estimate of drug-likeness (QED) is 0.722. The number of rotatable bonds is 2. The summed E-state index contributed by atoms with van der Waals surface area (Å²) in [6.07, 6.45) is 1.17. The zero-order valence-electron chi connectivity index (χ0n) is 10.8. The molecule has 0 bridgehead atoms. The minimum absolute atomic E-state index is 0.123. The number of nitrogens with zero attached hydrogens (tertiary/aromatic N) is 4.